The van der Waals surface area contributed by atoms with Gasteiger partial charge in [0.05, 0.1) is 0 Å². The molecule has 4 heteroatoms. The van der Waals surface area contributed by atoms with E-state index in [0.29, 0.717) is 22.0 Å². The zero-order chi connectivity index (χ0) is 14.0. The lowest BCUT2D eigenvalue weighted by atomic mass is 9.80. The average Bonchev–Trinajstić information content (AvgIpc) is 2.34. The van der Waals surface area contributed by atoms with E-state index in [9.17, 15) is 0 Å². The largest absolute Gasteiger partial charge is 0.389 e. The first-order valence-electron chi connectivity index (χ1n) is 6.83. The summed E-state index contributed by atoms with van der Waals surface area (Å²) in [5, 5.41) is 4.27. The Morgan fingerprint density at radius 3 is 2.74 bits per heavy atom. The predicted molar refractivity (Wildman–Crippen MR) is 86.9 cm³/mol. The zero-order valence-corrected chi connectivity index (χ0v) is 13.0. The molecule has 1 fully saturated rings. The van der Waals surface area contributed by atoms with Crippen LogP contribution in [0, 0.1) is 11.8 Å². The van der Waals surface area contributed by atoms with Crippen molar-refractivity contribution in [2.24, 2.45) is 17.6 Å². The average molecular weight is 297 g/mol. The highest BCUT2D eigenvalue weighted by molar-refractivity contribution is 7.80. The molecule has 3 atom stereocenters. The third-order valence-electron chi connectivity index (χ3n) is 4.02. The summed E-state index contributed by atoms with van der Waals surface area (Å²) in [4.78, 5) is 0.391. The Morgan fingerprint density at radius 1 is 1.37 bits per heavy atom. The number of thiocarbonyl (C=S) groups is 1. The number of nitrogens with two attached hydrogens (primary N) is 1. The lowest BCUT2D eigenvalue weighted by Crippen LogP contribution is -2.33. The Bertz CT molecular complexity index is 475. The van der Waals surface area contributed by atoms with Crippen molar-refractivity contribution in [1.82, 2.24) is 0 Å². The van der Waals surface area contributed by atoms with Gasteiger partial charge in [0, 0.05) is 22.3 Å². The lowest BCUT2D eigenvalue weighted by Gasteiger charge is -2.34. The Hall–Kier alpha value is -0.800. The molecule has 3 unspecified atom stereocenters. The molecule has 0 saturated heterocycles. The fraction of sp³-hybridized carbons (Fsp3) is 0.533. The summed E-state index contributed by atoms with van der Waals surface area (Å²) in [6.07, 6.45) is 3.74. The van der Waals surface area contributed by atoms with Gasteiger partial charge in [0.1, 0.15) is 4.99 Å². The molecule has 1 aliphatic rings. The minimum Gasteiger partial charge on any atom is -0.389 e. The number of hydrogen-bond acceptors (Lipinski definition) is 2. The molecule has 104 valence electrons. The topological polar surface area (TPSA) is 38.0 Å². The second-order valence-corrected chi connectivity index (χ2v) is 6.58. The highest BCUT2D eigenvalue weighted by Crippen LogP contribution is 2.32. The summed E-state index contributed by atoms with van der Waals surface area (Å²) in [5.41, 5.74) is 7.62. The molecule has 0 spiro atoms. The fourth-order valence-electron chi connectivity index (χ4n) is 2.93. The van der Waals surface area contributed by atoms with Crippen LogP contribution < -0.4 is 11.1 Å². The Labute approximate surface area is 125 Å². The zero-order valence-electron chi connectivity index (χ0n) is 11.4. The summed E-state index contributed by atoms with van der Waals surface area (Å²) in [6, 6.07) is 6.18. The van der Waals surface area contributed by atoms with Gasteiger partial charge in [-0.15, -0.1) is 0 Å². The molecule has 1 aromatic rings. The molecule has 1 aromatic carbocycles. The van der Waals surface area contributed by atoms with Crippen LogP contribution in [0.15, 0.2) is 18.2 Å². The predicted octanol–water partition coefficient (Wildman–Crippen LogP) is 4.21. The normalized spacial score (nSPS) is 27.0. The molecule has 0 radical (unpaired) electrons. The number of rotatable bonds is 3. The van der Waals surface area contributed by atoms with Crippen molar-refractivity contribution in [1.29, 1.82) is 0 Å². The van der Waals surface area contributed by atoms with Gasteiger partial charge >= 0.3 is 0 Å². The molecule has 2 nitrogen and oxygen atoms in total. The third kappa shape index (κ3) is 3.61. The van der Waals surface area contributed by atoms with Crippen LogP contribution in [-0.2, 0) is 0 Å². The van der Waals surface area contributed by atoms with Gasteiger partial charge in [0.15, 0.2) is 0 Å². The Balaban J connectivity index is 2.17. The number of anilines is 1. The molecule has 2 rings (SSSR count). The SMILES string of the molecule is CC1CCC(Nc2ccc(Cl)cc2C(N)=S)C(C)C1. The van der Waals surface area contributed by atoms with Crippen molar-refractivity contribution in [3.05, 3.63) is 28.8 Å². The molecule has 1 aliphatic carbocycles. The molecular formula is C15H21ClN2S. The number of halogens is 1. The maximum absolute atomic E-state index is 6.01. The van der Waals surface area contributed by atoms with Crippen LogP contribution in [0.2, 0.25) is 5.02 Å². The summed E-state index contributed by atoms with van der Waals surface area (Å²) >= 11 is 11.1. The standard InChI is InChI=1S/C15H21ClN2S/c1-9-3-5-13(10(2)7-9)18-14-6-4-11(16)8-12(14)15(17)19/h4,6,8-10,13,18H,3,5,7H2,1-2H3,(H2,17,19). The molecular weight excluding hydrogens is 276 g/mol. The number of benzene rings is 1. The van der Waals surface area contributed by atoms with Gasteiger partial charge in [-0.1, -0.05) is 37.7 Å². The molecule has 0 heterocycles. The van der Waals surface area contributed by atoms with Crippen molar-refractivity contribution >= 4 is 34.5 Å². The Kier molecular flexibility index (Phi) is 4.69. The number of nitrogens with one attached hydrogen (secondary N) is 1. The second-order valence-electron chi connectivity index (χ2n) is 5.70. The van der Waals surface area contributed by atoms with E-state index in [1.165, 1.54) is 19.3 Å². The first-order chi connectivity index (χ1) is 8.97. The molecule has 0 amide bonds. The van der Waals surface area contributed by atoms with Crippen LogP contribution in [-0.4, -0.2) is 11.0 Å². The smallest absolute Gasteiger partial charge is 0.106 e. The molecule has 0 bridgehead atoms. The maximum atomic E-state index is 6.01. The van der Waals surface area contributed by atoms with Crippen LogP contribution >= 0.6 is 23.8 Å². The van der Waals surface area contributed by atoms with E-state index in [0.717, 1.165) is 17.2 Å². The van der Waals surface area contributed by atoms with E-state index in [2.05, 4.69) is 19.2 Å². The molecule has 0 aliphatic heterocycles. The highest BCUT2D eigenvalue weighted by atomic mass is 35.5. The summed E-state index contributed by atoms with van der Waals surface area (Å²) < 4.78 is 0. The van der Waals surface area contributed by atoms with E-state index in [1.54, 1.807) is 0 Å². The van der Waals surface area contributed by atoms with E-state index < -0.39 is 0 Å². The summed E-state index contributed by atoms with van der Waals surface area (Å²) in [5.74, 6) is 1.49. The van der Waals surface area contributed by atoms with Gasteiger partial charge in [-0.2, -0.15) is 0 Å². The van der Waals surface area contributed by atoms with Crippen molar-refractivity contribution in [3.63, 3.8) is 0 Å². The van der Waals surface area contributed by atoms with Crippen LogP contribution in [0.25, 0.3) is 0 Å². The minimum absolute atomic E-state index is 0.391. The van der Waals surface area contributed by atoms with Crippen molar-refractivity contribution < 1.29 is 0 Å². The van der Waals surface area contributed by atoms with Gasteiger partial charge in [0.25, 0.3) is 0 Å². The quantitative estimate of drug-likeness (QED) is 0.821. The minimum atomic E-state index is 0.391. The van der Waals surface area contributed by atoms with Crippen LogP contribution in [0.5, 0.6) is 0 Å². The maximum Gasteiger partial charge on any atom is 0.106 e. The summed E-state index contributed by atoms with van der Waals surface area (Å²) in [6.45, 7) is 4.64. The third-order valence-corrected chi connectivity index (χ3v) is 4.47. The van der Waals surface area contributed by atoms with Crippen LogP contribution in [0.4, 0.5) is 5.69 Å². The van der Waals surface area contributed by atoms with Gasteiger partial charge in [-0.3, -0.25) is 0 Å². The molecule has 3 N–H and O–H groups in total. The van der Waals surface area contributed by atoms with Gasteiger partial charge < -0.3 is 11.1 Å². The first kappa shape index (κ1) is 14.6. The van der Waals surface area contributed by atoms with Crippen molar-refractivity contribution in [2.45, 2.75) is 39.2 Å². The van der Waals surface area contributed by atoms with E-state index in [4.69, 9.17) is 29.6 Å². The Morgan fingerprint density at radius 2 is 2.11 bits per heavy atom. The number of hydrogen-bond donors (Lipinski definition) is 2. The van der Waals surface area contributed by atoms with Gasteiger partial charge in [0.2, 0.25) is 0 Å². The fourth-order valence-corrected chi connectivity index (χ4v) is 3.27. The van der Waals surface area contributed by atoms with Crippen molar-refractivity contribution in [3.8, 4) is 0 Å². The van der Waals surface area contributed by atoms with Crippen LogP contribution in [0.3, 0.4) is 0 Å². The first-order valence-corrected chi connectivity index (χ1v) is 7.62. The highest BCUT2D eigenvalue weighted by Gasteiger charge is 2.25. The van der Waals surface area contributed by atoms with E-state index >= 15 is 0 Å². The lowest BCUT2D eigenvalue weighted by molar-refractivity contribution is 0.276. The van der Waals surface area contributed by atoms with Gasteiger partial charge in [-0.25, -0.2) is 0 Å². The molecule has 1 saturated carbocycles. The monoisotopic (exact) mass is 296 g/mol. The molecule has 0 aromatic heterocycles. The van der Waals surface area contributed by atoms with Gasteiger partial charge in [-0.05, 0) is 49.3 Å². The second kappa shape index (κ2) is 6.10. The van der Waals surface area contributed by atoms with Crippen molar-refractivity contribution in [2.75, 3.05) is 5.32 Å². The van der Waals surface area contributed by atoms with E-state index in [1.807, 2.05) is 18.2 Å². The van der Waals surface area contributed by atoms with E-state index in [-0.39, 0.29) is 0 Å². The summed E-state index contributed by atoms with van der Waals surface area (Å²) in [7, 11) is 0. The molecule has 19 heavy (non-hydrogen) atoms. The van der Waals surface area contributed by atoms with Crippen LogP contribution in [0.1, 0.15) is 38.7 Å².